The standard InChI is InChI=1S/C15H14N4O/c1-10(15-16-7-4-8-17-15)18-13-9-14(20)19-12-6-3-2-5-11(12)13/h2-10H,1H3,(H2,18,19,20). The first-order chi connectivity index (χ1) is 9.74. The summed E-state index contributed by atoms with van der Waals surface area (Å²) in [5.41, 5.74) is 1.46. The highest BCUT2D eigenvalue weighted by Crippen LogP contribution is 2.23. The topological polar surface area (TPSA) is 70.7 Å². The molecule has 2 heterocycles. The summed E-state index contributed by atoms with van der Waals surface area (Å²) in [5.74, 6) is 0.692. The van der Waals surface area contributed by atoms with Crippen LogP contribution < -0.4 is 10.9 Å². The van der Waals surface area contributed by atoms with Gasteiger partial charge in [0.2, 0.25) is 5.56 Å². The van der Waals surface area contributed by atoms with E-state index in [9.17, 15) is 4.79 Å². The first-order valence-corrected chi connectivity index (χ1v) is 6.39. The minimum absolute atomic E-state index is 0.0820. The lowest BCUT2D eigenvalue weighted by molar-refractivity contribution is 0.789. The van der Waals surface area contributed by atoms with Crippen LogP contribution >= 0.6 is 0 Å². The zero-order valence-corrected chi connectivity index (χ0v) is 11.0. The largest absolute Gasteiger partial charge is 0.375 e. The van der Waals surface area contributed by atoms with Gasteiger partial charge in [0.15, 0.2) is 0 Å². The minimum Gasteiger partial charge on any atom is -0.375 e. The first kappa shape index (κ1) is 12.3. The number of benzene rings is 1. The molecule has 0 aliphatic rings. The van der Waals surface area contributed by atoms with Crippen LogP contribution in [0, 0.1) is 0 Å². The zero-order valence-electron chi connectivity index (χ0n) is 11.0. The molecule has 0 saturated heterocycles. The van der Waals surface area contributed by atoms with Gasteiger partial charge in [0, 0.05) is 29.5 Å². The summed E-state index contributed by atoms with van der Waals surface area (Å²) in [6, 6.07) is 10.9. The van der Waals surface area contributed by atoms with E-state index in [0.29, 0.717) is 5.82 Å². The highest BCUT2D eigenvalue weighted by atomic mass is 16.1. The number of H-pyrrole nitrogens is 1. The second-order valence-corrected chi connectivity index (χ2v) is 4.57. The fourth-order valence-electron chi connectivity index (χ4n) is 2.16. The lowest BCUT2D eigenvalue weighted by Gasteiger charge is -2.15. The number of hydrogen-bond donors (Lipinski definition) is 2. The van der Waals surface area contributed by atoms with Crippen LogP contribution in [0.5, 0.6) is 0 Å². The quantitative estimate of drug-likeness (QED) is 0.764. The monoisotopic (exact) mass is 266 g/mol. The van der Waals surface area contributed by atoms with Crippen molar-refractivity contribution < 1.29 is 0 Å². The summed E-state index contributed by atoms with van der Waals surface area (Å²) >= 11 is 0. The number of aromatic nitrogens is 3. The van der Waals surface area contributed by atoms with Crippen molar-refractivity contribution in [3.8, 4) is 0 Å². The zero-order chi connectivity index (χ0) is 13.9. The third-order valence-electron chi connectivity index (χ3n) is 3.10. The maximum absolute atomic E-state index is 11.7. The molecule has 0 aliphatic carbocycles. The van der Waals surface area contributed by atoms with Crippen molar-refractivity contribution >= 4 is 16.6 Å². The fraction of sp³-hybridized carbons (Fsp3) is 0.133. The SMILES string of the molecule is CC(Nc1cc(=O)[nH]c2ccccc12)c1ncccn1. The van der Waals surface area contributed by atoms with E-state index < -0.39 is 0 Å². The van der Waals surface area contributed by atoms with Crippen molar-refractivity contribution in [3.63, 3.8) is 0 Å². The molecule has 20 heavy (non-hydrogen) atoms. The van der Waals surface area contributed by atoms with Crippen LogP contribution in [-0.2, 0) is 0 Å². The van der Waals surface area contributed by atoms with Crippen molar-refractivity contribution in [2.75, 3.05) is 5.32 Å². The van der Waals surface area contributed by atoms with E-state index in [0.717, 1.165) is 16.6 Å². The molecule has 0 bridgehead atoms. The van der Waals surface area contributed by atoms with E-state index in [1.807, 2.05) is 31.2 Å². The van der Waals surface area contributed by atoms with Crippen LogP contribution in [0.2, 0.25) is 0 Å². The molecule has 0 radical (unpaired) electrons. The normalized spacial score (nSPS) is 12.2. The summed E-state index contributed by atoms with van der Waals surface area (Å²) in [6.45, 7) is 1.96. The van der Waals surface area contributed by atoms with Crippen LogP contribution in [0.3, 0.4) is 0 Å². The lowest BCUT2D eigenvalue weighted by Crippen LogP contribution is -2.13. The van der Waals surface area contributed by atoms with Gasteiger partial charge in [0.1, 0.15) is 5.82 Å². The van der Waals surface area contributed by atoms with Crippen molar-refractivity contribution in [1.29, 1.82) is 0 Å². The minimum atomic E-state index is -0.132. The maximum atomic E-state index is 11.7. The van der Waals surface area contributed by atoms with E-state index in [1.165, 1.54) is 0 Å². The molecule has 100 valence electrons. The molecule has 0 saturated carbocycles. The molecule has 5 nitrogen and oxygen atoms in total. The van der Waals surface area contributed by atoms with E-state index in [1.54, 1.807) is 24.5 Å². The number of rotatable bonds is 3. The molecule has 0 spiro atoms. The molecule has 0 aliphatic heterocycles. The maximum Gasteiger partial charge on any atom is 0.250 e. The Kier molecular flexibility index (Phi) is 3.16. The van der Waals surface area contributed by atoms with Gasteiger partial charge in [-0.15, -0.1) is 0 Å². The average Bonchev–Trinajstić information content (AvgIpc) is 2.48. The van der Waals surface area contributed by atoms with Gasteiger partial charge >= 0.3 is 0 Å². The highest BCUT2D eigenvalue weighted by Gasteiger charge is 2.10. The van der Waals surface area contributed by atoms with Gasteiger partial charge in [-0.25, -0.2) is 9.97 Å². The number of anilines is 1. The van der Waals surface area contributed by atoms with E-state index >= 15 is 0 Å². The molecular weight excluding hydrogens is 252 g/mol. The smallest absolute Gasteiger partial charge is 0.250 e. The van der Waals surface area contributed by atoms with Crippen LogP contribution in [0.15, 0.2) is 53.6 Å². The Morgan fingerprint density at radius 3 is 2.70 bits per heavy atom. The Morgan fingerprint density at radius 1 is 1.15 bits per heavy atom. The van der Waals surface area contributed by atoms with E-state index in [-0.39, 0.29) is 11.6 Å². The molecule has 1 aromatic carbocycles. The van der Waals surface area contributed by atoms with Gasteiger partial charge in [0.05, 0.1) is 11.6 Å². The first-order valence-electron chi connectivity index (χ1n) is 6.39. The molecule has 2 N–H and O–H groups in total. The lowest BCUT2D eigenvalue weighted by atomic mass is 10.1. The molecule has 2 aromatic heterocycles. The van der Waals surface area contributed by atoms with Gasteiger partial charge in [-0.3, -0.25) is 4.79 Å². The molecule has 3 aromatic rings. The van der Waals surface area contributed by atoms with Crippen LogP contribution in [0.1, 0.15) is 18.8 Å². The van der Waals surface area contributed by atoms with E-state index in [4.69, 9.17) is 0 Å². The van der Waals surface area contributed by atoms with Crippen LogP contribution in [0.4, 0.5) is 5.69 Å². The Balaban J connectivity index is 2.01. The van der Waals surface area contributed by atoms with Crippen molar-refractivity contribution in [2.24, 2.45) is 0 Å². The summed E-state index contributed by atoms with van der Waals surface area (Å²) in [7, 11) is 0. The predicted octanol–water partition coefficient (Wildman–Crippen LogP) is 2.49. The van der Waals surface area contributed by atoms with Crippen LogP contribution in [0.25, 0.3) is 10.9 Å². The van der Waals surface area contributed by atoms with Crippen molar-refractivity contribution in [1.82, 2.24) is 15.0 Å². The summed E-state index contributed by atoms with van der Waals surface area (Å²) in [5, 5.41) is 4.26. The number of para-hydroxylation sites is 1. The predicted molar refractivity (Wildman–Crippen MR) is 78.6 cm³/mol. The molecule has 0 amide bonds. The van der Waals surface area contributed by atoms with Gasteiger partial charge in [-0.05, 0) is 19.1 Å². The molecule has 5 heteroatoms. The van der Waals surface area contributed by atoms with Crippen LogP contribution in [-0.4, -0.2) is 15.0 Å². The Bertz CT molecular complexity index is 782. The second-order valence-electron chi connectivity index (χ2n) is 4.57. The number of nitrogens with one attached hydrogen (secondary N) is 2. The molecular formula is C15H14N4O. The van der Waals surface area contributed by atoms with Gasteiger partial charge < -0.3 is 10.3 Å². The van der Waals surface area contributed by atoms with Gasteiger partial charge in [-0.1, -0.05) is 18.2 Å². The Labute approximate surface area is 115 Å². The number of nitrogens with zero attached hydrogens (tertiary/aromatic N) is 2. The average molecular weight is 266 g/mol. The number of fused-ring (bicyclic) bond motifs is 1. The molecule has 3 rings (SSSR count). The van der Waals surface area contributed by atoms with Gasteiger partial charge in [-0.2, -0.15) is 0 Å². The Hall–Kier alpha value is -2.69. The second kappa shape index (κ2) is 5.13. The number of hydrogen-bond acceptors (Lipinski definition) is 4. The summed E-state index contributed by atoms with van der Waals surface area (Å²) in [6.07, 6.45) is 3.41. The summed E-state index contributed by atoms with van der Waals surface area (Å²) in [4.78, 5) is 22.9. The fourth-order valence-corrected chi connectivity index (χ4v) is 2.16. The molecule has 1 unspecified atom stereocenters. The third-order valence-corrected chi connectivity index (χ3v) is 3.10. The van der Waals surface area contributed by atoms with Crippen molar-refractivity contribution in [3.05, 3.63) is 65.0 Å². The Morgan fingerprint density at radius 2 is 1.90 bits per heavy atom. The molecule has 1 atom stereocenters. The molecule has 0 fully saturated rings. The van der Waals surface area contributed by atoms with Gasteiger partial charge in [0.25, 0.3) is 0 Å². The third kappa shape index (κ3) is 2.38. The number of pyridine rings is 1. The number of aromatic amines is 1. The van der Waals surface area contributed by atoms with E-state index in [2.05, 4.69) is 20.3 Å². The van der Waals surface area contributed by atoms with Crippen molar-refractivity contribution in [2.45, 2.75) is 13.0 Å². The highest BCUT2D eigenvalue weighted by molar-refractivity contribution is 5.90. The summed E-state index contributed by atoms with van der Waals surface area (Å²) < 4.78 is 0.